The van der Waals surface area contributed by atoms with E-state index in [0.717, 1.165) is 5.56 Å². The zero-order chi connectivity index (χ0) is 15.4. The van der Waals surface area contributed by atoms with Crippen LogP contribution in [0.1, 0.15) is 11.3 Å². The maximum absolute atomic E-state index is 9.02. The molecular weight excluding hydrogens is 300 g/mol. The van der Waals surface area contributed by atoms with E-state index in [9.17, 15) is 0 Å². The van der Waals surface area contributed by atoms with Crippen LogP contribution in [-0.2, 0) is 6.61 Å². The first-order valence-electron chi connectivity index (χ1n) is 6.58. The highest BCUT2D eigenvalue weighted by Gasteiger charge is 2.09. The lowest BCUT2D eigenvalue weighted by atomic mass is 10.2. The van der Waals surface area contributed by atoms with E-state index >= 15 is 0 Å². The van der Waals surface area contributed by atoms with Crippen LogP contribution in [0.15, 0.2) is 59.2 Å². The summed E-state index contributed by atoms with van der Waals surface area (Å²) in [5.74, 6) is 1.01. The predicted octanol–water partition coefficient (Wildman–Crippen LogP) is 4.45. The van der Waals surface area contributed by atoms with Crippen LogP contribution in [0, 0.1) is 11.3 Å². The van der Waals surface area contributed by atoms with Crippen molar-refractivity contribution in [2.75, 3.05) is 0 Å². The number of aromatic nitrogens is 1. The molecule has 0 saturated carbocycles. The van der Waals surface area contributed by atoms with E-state index in [1.807, 2.05) is 18.2 Å². The molecule has 3 rings (SSSR count). The Hall–Kier alpha value is -2.77. The Labute approximate surface area is 132 Å². The molecule has 4 nitrogen and oxygen atoms in total. The molecule has 0 fully saturated rings. The van der Waals surface area contributed by atoms with E-state index in [1.54, 1.807) is 30.3 Å². The highest BCUT2D eigenvalue weighted by molar-refractivity contribution is 6.30. The molecule has 0 N–H and O–H groups in total. The summed E-state index contributed by atoms with van der Waals surface area (Å²) in [4.78, 5) is 4.36. The Morgan fingerprint density at radius 2 is 2.05 bits per heavy atom. The molecule has 0 saturated heterocycles. The maximum atomic E-state index is 9.02. The highest BCUT2D eigenvalue weighted by Crippen LogP contribution is 2.23. The van der Waals surface area contributed by atoms with E-state index in [2.05, 4.69) is 11.1 Å². The molecule has 0 amide bonds. The van der Waals surface area contributed by atoms with Crippen LogP contribution >= 0.6 is 11.6 Å². The minimum absolute atomic E-state index is 0.225. The van der Waals surface area contributed by atoms with Gasteiger partial charge in [0, 0.05) is 10.6 Å². The SMILES string of the molecule is N#Cc1ccccc1OCc1coc(-c2cccc(Cl)c2)n1. The zero-order valence-electron chi connectivity index (χ0n) is 11.5. The molecule has 1 heterocycles. The van der Waals surface area contributed by atoms with Gasteiger partial charge in [-0.1, -0.05) is 29.8 Å². The lowest BCUT2D eigenvalue weighted by Gasteiger charge is -2.04. The summed E-state index contributed by atoms with van der Waals surface area (Å²) in [5, 5.41) is 9.64. The fraction of sp³-hybridized carbons (Fsp3) is 0.0588. The van der Waals surface area contributed by atoms with Gasteiger partial charge in [0.2, 0.25) is 5.89 Å². The van der Waals surface area contributed by atoms with Crippen LogP contribution in [-0.4, -0.2) is 4.98 Å². The molecule has 108 valence electrons. The average Bonchev–Trinajstić information content (AvgIpc) is 3.02. The molecule has 0 bridgehead atoms. The van der Waals surface area contributed by atoms with Gasteiger partial charge in [0.1, 0.15) is 30.4 Å². The molecule has 0 aliphatic carbocycles. The van der Waals surface area contributed by atoms with Crippen molar-refractivity contribution in [3.05, 3.63) is 71.1 Å². The van der Waals surface area contributed by atoms with Crippen molar-refractivity contribution >= 4 is 11.6 Å². The van der Waals surface area contributed by atoms with Crippen LogP contribution in [0.25, 0.3) is 11.5 Å². The molecular formula is C17H11ClN2O2. The summed E-state index contributed by atoms with van der Waals surface area (Å²) in [6.45, 7) is 0.225. The van der Waals surface area contributed by atoms with Gasteiger partial charge in [-0.2, -0.15) is 5.26 Å². The van der Waals surface area contributed by atoms with E-state index in [-0.39, 0.29) is 6.61 Å². The summed E-state index contributed by atoms with van der Waals surface area (Å²) in [6, 6.07) is 16.4. The monoisotopic (exact) mass is 310 g/mol. The van der Waals surface area contributed by atoms with Crippen LogP contribution in [0.3, 0.4) is 0 Å². The fourth-order valence-electron chi connectivity index (χ4n) is 1.96. The van der Waals surface area contributed by atoms with Crippen LogP contribution in [0.5, 0.6) is 5.75 Å². The van der Waals surface area contributed by atoms with E-state index < -0.39 is 0 Å². The summed E-state index contributed by atoms with van der Waals surface area (Å²) in [7, 11) is 0. The Morgan fingerprint density at radius 1 is 1.18 bits per heavy atom. The molecule has 0 aliphatic heterocycles. The molecule has 0 radical (unpaired) electrons. The Morgan fingerprint density at radius 3 is 2.86 bits per heavy atom. The first-order valence-corrected chi connectivity index (χ1v) is 6.96. The Bertz CT molecular complexity index is 836. The van der Waals surface area contributed by atoms with Crippen molar-refractivity contribution in [2.45, 2.75) is 6.61 Å². The number of nitriles is 1. The predicted molar refractivity (Wildman–Crippen MR) is 82.4 cm³/mol. The summed E-state index contributed by atoms with van der Waals surface area (Å²) >= 11 is 5.95. The molecule has 5 heteroatoms. The van der Waals surface area contributed by atoms with Gasteiger partial charge in [-0.25, -0.2) is 4.98 Å². The lowest BCUT2D eigenvalue weighted by molar-refractivity contribution is 0.300. The van der Waals surface area contributed by atoms with Crippen LogP contribution < -0.4 is 4.74 Å². The van der Waals surface area contributed by atoms with Crippen molar-refractivity contribution in [3.8, 4) is 23.3 Å². The number of hydrogen-bond donors (Lipinski definition) is 0. The number of para-hydroxylation sites is 1. The van der Waals surface area contributed by atoms with Crippen molar-refractivity contribution < 1.29 is 9.15 Å². The third-order valence-electron chi connectivity index (χ3n) is 3.01. The second kappa shape index (κ2) is 6.33. The Balaban J connectivity index is 1.74. The standard InChI is InChI=1S/C17H11ClN2O2/c18-14-6-3-5-12(8-14)17-20-15(11-22-17)10-21-16-7-2-1-4-13(16)9-19/h1-8,11H,10H2. The third kappa shape index (κ3) is 3.11. The zero-order valence-corrected chi connectivity index (χ0v) is 12.2. The van der Waals surface area contributed by atoms with Gasteiger partial charge in [0.15, 0.2) is 0 Å². The third-order valence-corrected chi connectivity index (χ3v) is 3.24. The largest absolute Gasteiger partial charge is 0.486 e. The molecule has 3 aromatic rings. The minimum atomic E-state index is 0.225. The number of ether oxygens (including phenoxy) is 1. The summed E-state index contributed by atoms with van der Waals surface area (Å²) in [5.41, 5.74) is 1.93. The van der Waals surface area contributed by atoms with Crippen molar-refractivity contribution in [2.24, 2.45) is 0 Å². The van der Waals surface area contributed by atoms with Gasteiger partial charge in [-0.3, -0.25) is 0 Å². The minimum Gasteiger partial charge on any atom is -0.486 e. The number of oxazole rings is 1. The normalized spacial score (nSPS) is 10.2. The second-order valence-corrected chi connectivity index (χ2v) is 4.99. The number of hydrogen-bond acceptors (Lipinski definition) is 4. The first-order chi connectivity index (χ1) is 10.8. The molecule has 1 aromatic heterocycles. The van der Waals surface area contributed by atoms with Gasteiger partial charge in [-0.15, -0.1) is 0 Å². The van der Waals surface area contributed by atoms with Gasteiger partial charge < -0.3 is 9.15 Å². The van der Waals surface area contributed by atoms with Gasteiger partial charge >= 0.3 is 0 Å². The van der Waals surface area contributed by atoms with Gasteiger partial charge in [-0.05, 0) is 30.3 Å². The van der Waals surface area contributed by atoms with Gasteiger partial charge in [0.25, 0.3) is 0 Å². The van der Waals surface area contributed by atoms with Crippen LogP contribution in [0.4, 0.5) is 0 Å². The topological polar surface area (TPSA) is 59.0 Å². The molecule has 0 spiro atoms. The quantitative estimate of drug-likeness (QED) is 0.714. The first kappa shape index (κ1) is 14.2. The van der Waals surface area contributed by atoms with Crippen molar-refractivity contribution in [3.63, 3.8) is 0 Å². The summed E-state index contributed by atoms with van der Waals surface area (Å²) < 4.78 is 11.1. The smallest absolute Gasteiger partial charge is 0.226 e. The number of rotatable bonds is 4. The average molecular weight is 311 g/mol. The fourth-order valence-corrected chi connectivity index (χ4v) is 2.15. The molecule has 22 heavy (non-hydrogen) atoms. The van der Waals surface area contributed by atoms with Crippen molar-refractivity contribution in [1.82, 2.24) is 4.98 Å². The lowest BCUT2D eigenvalue weighted by Crippen LogP contribution is -1.97. The van der Waals surface area contributed by atoms with Crippen molar-refractivity contribution in [1.29, 1.82) is 5.26 Å². The molecule has 2 aromatic carbocycles. The molecule has 0 unspecified atom stereocenters. The maximum Gasteiger partial charge on any atom is 0.226 e. The van der Waals surface area contributed by atoms with E-state index in [1.165, 1.54) is 6.26 Å². The molecule has 0 atom stereocenters. The number of halogens is 1. The Kier molecular flexibility index (Phi) is 4.08. The van der Waals surface area contributed by atoms with Gasteiger partial charge in [0.05, 0.1) is 5.56 Å². The number of nitrogens with zero attached hydrogens (tertiary/aromatic N) is 2. The molecule has 0 aliphatic rings. The van der Waals surface area contributed by atoms with E-state index in [4.69, 9.17) is 26.0 Å². The second-order valence-electron chi connectivity index (χ2n) is 4.55. The van der Waals surface area contributed by atoms with Crippen LogP contribution in [0.2, 0.25) is 5.02 Å². The number of benzene rings is 2. The van der Waals surface area contributed by atoms with E-state index in [0.29, 0.717) is 27.9 Å². The summed E-state index contributed by atoms with van der Waals surface area (Å²) in [6.07, 6.45) is 1.53. The highest BCUT2D eigenvalue weighted by atomic mass is 35.5.